The maximum Gasteiger partial charge on any atom is 0.427 e. The van der Waals surface area contributed by atoms with Crippen LogP contribution in [0.3, 0.4) is 0 Å². The second-order valence-corrected chi connectivity index (χ2v) is 8.36. The lowest BCUT2D eigenvalue weighted by Crippen LogP contribution is -2.53. The number of carboxylic acid groups (broad SMARTS) is 1. The Morgan fingerprint density at radius 2 is 1.84 bits per heavy atom. The highest BCUT2D eigenvalue weighted by atomic mass is 79.9. The van der Waals surface area contributed by atoms with E-state index in [1.165, 1.54) is 12.1 Å². The molecule has 0 aliphatic heterocycles. The van der Waals surface area contributed by atoms with Crippen LogP contribution in [-0.2, 0) is 10.3 Å². The van der Waals surface area contributed by atoms with Gasteiger partial charge in [0.25, 0.3) is 0 Å². The van der Waals surface area contributed by atoms with Crippen molar-refractivity contribution in [2.24, 2.45) is 5.73 Å². The number of nitrogens with one attached hydrogen (secondary N) is 1. The van der Waals surface area contributed by atoms with Gasteiger partial charge in [-0.05, 0) is 50.5 Å². The number of halogens is 5. The van der Waals surface area contributed by atoms with E-state index in [0.29, 0.717) is 23.4 Å². The molecule has 0 radical (unpaired) electrons. The molecule has 0 aliphatic carbocycles. The Bertz CT molecular complexity index is 839. The summed E-state index contributed by atoms with van der Waals surface area (Å²) in [5, 5.41) is 20.3. The zero-order chi connectivity index (χ0) is 23.9. The van der Waals surface area contributed by atoms with Crippen LogP contribution < -0.4 is 11.1 Å². The first-order valence-corrected chi connectivity index (χ1v) is 10.1. The number of benzene rings is 1. The van der Waals surface area contributed by atoms with Crippen molar-refractivity contribution in [2.45, 2.75) is 56.5 Å². The van der Waals surface area contributed by atoms with Gasteiger partial charge in [0.2, 0.25) is 5.54 Å². The van der Waals surface area contributed by atoms with Crippen LogP contribution in [0.4, 0.5) is 17.6 Å². The average molecular weight is 509 g/mol. The first-order valence-electron chi connectivity index (χ1n) is 9.34. The Hall–Kier alpha value is -2.09. The van der Waals surface area contributed by atoms with Crippen molar-refractivity contribution in [1.82, 2.24) is 5.32 Å². The fraction of sp³-hybridized carbons (Fsp3) is 0.476. The first-order chi connectivity index (χ1) is 14.2. The Kier molecular flexibility index (Phi) is 9.54. The number of hydrogen-bond acceptors (Lipinski definition) is 4. The summed E-state index contributed by atoms with van der Waals surface area (Å²) in [6.07, 6.45) is -3.76. The molecule has 0 aliphatic rings. The van der Waals surface area contributed by atoms with Crippen LogP contribution in [0.1, 0.15) is 38.7 Å². The molecule has 0 amide bonds. The smallest absolute Gasteiger partial charge is 0.427 e. The van der Waals surface area contributed by atoms with Crippen molar-refractivity contribution in [1.29, 1.82) is 0 Å². The fourth-order valence-electron chi connectivity index (χ4n) is 2.62. The molecule has 31 heavy (non-hydrogen) atoms. The molecular weight excluding hydrogens is 484 g/mol. The lowest BCUT2D eigenvalue weighted by molar-refractivity contribution is -0.180. The van der Waals surface area contributed by atoms with E-state index in [2.05, 4.69) is 27.8 Å². The van der Waals surface area contributed by atoms with Gasteiger partial charge in [0, 0.05) is 16.9 Å². The fourth-order valence-corrected chi connectivity index (χ4v) is 2.88. The molecule has 2 atom stereocenters. The van der Waals surface area contributed by atoms with Gasteiger partial charge in [-0.25, -0.2) is 9.18 Å². The third-order valence-corrected chi connectivity index (χ3v) is 4.66. The van der Waals surface area contributed by atoms with Crippen LogP contribution in [0.2, 0.25) is 0 Å². The van der Waals surface area contributed by atoms with Gasteiger partial charge in [0.05, 0.1) is 6.61 Å². The van der Waals surface area contributed by atoms with E-state index in [9.17, 15) is 27.5 Å². The maximum absolute atomic E-state index is 14.4. The molecule has 1 aromatic rings. The summed E-state index contributed by atoms with van der Waals surface area (Å²) >= 11 is 3.14. The van der Waals surface area contributed by atoms with Crippen LogP contribution in [0.5, 0.6) is 0 Å². The number of nitrogens with two attached hydrogens (primary N) is 1. The maximum atomic E-state index is 14.4. The zero-order valence-corrected chi connectivity index (χ0v) is 18.6. The largest absolute Gasteiger partial charge is 0.477 e. The molecule has 0 bridgehead atoms. The molecule has 5 nitrogen and oxygen atoms in total. The predicted molar refractivity (Wildman–Crippen MR) is 113 cm³/mol. The van der Waals surface area contributed by atoms with Crippen molar-refractivity contribution in [3.05, 3.63) is 46.1 Å². The van der Waals surface area contributed by atoms with E-state index in [0.717, 1.165) is 26.0 Å². The molecule has 0 fully saturated rings. The van der Waals surface area contributed by atoms with Gasteiger partial charge < -0.3 is 21.3 Å². The highest BCUT2D eigenvalue weighted by Gasteiger charge is 2.56. The minimum Gasteiger partial charge on any atom is -0.477 e. The molecule has 5 N–H and O–H groups in total. The number of hydrogen-bond donors (Lipinski definition) is 4. The van der Waals surface area contributed by atoms with Crippen molar-refractivity contribution >= 4 is 21.9 Å². The number of carbonyl (C=O) groups is 1. The van der Waals surface area contributed by atoms with Gasteiger partial charge in [-0.1, -0.05) is 34.0 Å². The van der Waals surface area contributed by atoms with Crippen LogP contribution in [0, 0.1) is 11.8 Å². The van der Waals surface area contributed by atoms with Crippen molar-refractivity contribution in [2.75, 3.05) is 6.61 Å². The van der Waals surface area contributed by atoms with Gasteiger partial charge in [-0.3, -0.25) is 0 Å². The predicted octanol–water partition coefficient (Wildman–Crippen LogP) is 4.01. The van der Waals surface area contributed by atoms with E-state index in [4.69, 9.17) is 10.8 Å². The summed E-state index contributed by atoms with van der Waals surface area (Å²) in [6, 6.07) is 4.53. The number of aliphatic carboxylic acids is 1. The molecular formula is C21H25BrF4N2O3. The Morgan fingerprint density at radius 3 is 2.29 bits per heavy atom. The Balaban J connectivity index is 3.53. The second kappa shape index (κ2) is 11.0. The van der Waals surface area contributed by atoms with E-state index in [1.807, 2.05) is 5.32 Å². The Labute approximate surface area is 186 Å². The summed E-state index contributed by atoms with van der Waals surface area (Å²) in [5.74, 6) is 2.82. The molecule has 0 saturated heterocycles. The topological polar surface area (TPSA) is 95.6 Å². The minimum absolute atomic E-state index is 0.0322. The first kappa shape index (κ1) is 26.9. The minimum atomic E-state index is -5.05. The molecule has 0 heterocycles. The van der Waals surface area contributed by atoms with Crippen LogP contribution in [0.25, 0.3) is 0 Å². The second-order valence-electron chi connectivity index (χ2n) is 7.44. The lowest BCUT2D eigenvalue weighted by atomic mass is 9.88. The molecule has 172 valence electrons. The molecule has 1 unspecified atom stereocenters. The Morgan fingerprint density at radius 1 is 1.26 bits per heavy atom. The van der Waals surface area contributed by atoms with Crippen LogP contribution in [-0.4, -0.2) is 40.7 Å². The standard InChI is InChI=1S/C21H25BrF4N2O3/c1-19(2,23)12-17(18(30)31)28-20(21(24,25)26,14-7-9-15(22)10-8-14)11-5-3-4-6-16(27)13-29/h7-10,12,16,28-29H,3-4,6,13,27H2,1-2H3,(H,30,31)/b17-12+/t16-,20?/m0/s1. The van der Waals surface area contributed by atoms with Crippen molar-refractivity contribution in [3.8, 4) is 11.8 Å². The zero-order valence-electron chi connectivity index (χ0n) is 17.1. The van der Waals surface area contributed by atoms with Crippen molar-refractivity contribution in [3.63, 3.8) is 0 Å². The van der Waals surface area contributed by atoms with E-state index < -0.39 is 35.1 Å². The monoisotopic (exact) mass is 508 g/mol. The van der Waals surface area contributed by atoms with Gasteiger partial charge in [0.15, 0.2) is 0 Å². The van der Waals surface area contributed by atoms with E-state index in [-0.39, 0.29) is 18.6 Å². The molecule has 1 aromatic carbocycles. The van der Waals surface area contributed by atoms with Gasteiger partial charge in [-0.15, -0.1) is 5.92 Å². The van der Waals surface area contributed by atoms with E-state index >= 15 is 0 Å². The summed E-state index contributed by atoms with van der Waals surface area (Å²) in [5.41, 5.74) is -1.04. The van der Waals surface area contributed by atoms with Gasteiger partial charge >= 0.3 is 12.1 Å². The highest BCUT2D eigenvalue weighted by Crippen LogP contribution is 2.40. The summed E-state index contributed by atoms with van der Waals surface area (Å²) < 4.78 is 57.7. The highest BCUT2D eigenvalue weighted by molar-refractivity contribution is 9.10. The van der Waals surface area contributed by atoms with Crippen LogP contribution in [0.15, 0.2) is 40.5 Å². The molecule has 0 spiro atoms. The molecule has 0 aromatic heterocycles. The number of rotatable bonds is 9. The third kappa shape index (κ3) is 8.16. The number of aliphatic hydroxyl groups excluding tert-OH is 1. The third-order valence-electron chi connectivity index (χ3n) is 4.13. The normalized spacial score (nSPS) is 15.5. The molecule has 10 heteroatoms. The van der Waals surface area contributed by atoms with Crippen LogP contribution >= 0.6 is 15.9 Å². The number of allylic oxidation sites excluding steroid dienone is 1. The number of unbranched alkanes of at least 4 members (excludes halogenated alkanes) is 1. The van der Waals surface area contributed by atoms with Crippen molar-refractivity contribution < 1.29 is 32.6 Å². The summed E-state index contributed by atoms with van der Waals surface area (Å²) in [6.45, 7) is 1.78. The number of alkyl halides is 4. The summed E-state index contributed by atoms with van der Waals surface area (Å²) in [4.78, 5) is 11.6. The summed E-state index contributed by atoms with van der Waals surface area (Å²) in [7, 11) is 0. The number of carboxylic acids is 1. The van der Waals surface area contributed by atoms with E-state index in [1.54, 1.807) is 0 Å². The quantitative estimate of drug-likeness (QED) is 0.175. The SMILES string of the molecule is CC(C)(F)/C=C(/NC(C#CCCC[C@H](N)CO)(c1ccc(Br)cc1)C(F)(F)F)C(=O)O. The average Bonchev–Trinajstić information content (AvgIpc) is 2.64. The lowest BCUT2D eigenvalue weighted by Gasteiger charge is -2.34. The number of aliphatic hydroxyl groups is 1. The molecule has 0 saturated carbocycles. The molecule has 1 rings (SSSR count). The van der Waals surface area contributed by atoms with Gasteiger partial charge in [0.1, 0.15) is 11.4 Å². The van der Waals surface area contributed by atoms with Gasteiger partial charge in [-0.2, -0.15) is 13.2 Å².